The number of hydrogen-bond acceptors (Lipinski definition) is 2. The van der Waals surface area contributed by atoms with Crippen molar-refractivity contribution in [1.29, 1.82) is 0 Å². The topological polar surface area (TPSA) is 46.9 Å². The molecule has 3 aromatic rings. The molecule has 1 N–H and O–H groups in total. The molecule has 122 valence electrons. The molecule has 0 aliphatic rings. The molecule has 1 amide bonds. The van der Waals surface area contributed by atoms with Gasteiger partial charge in [-0.15, -0.1) is 0 Å². The monoisotopic (exact) mass is 407 g/mol. The van der Waals surface area contributed by atoms with Gasteiger partial charge in [0.25, 0.3) is 5.91 Å². The van der Waals surface area contributed by atoms with Gasteiger partial charge < -0.3 is 5.32 Å². The molecule has 7 heteroatoms. The summed E-state index contributed by atoms with van der Waals surface area (Å²) in [5.74, 6) is -0.282. The first-order valence-corrected chi connectivity index (χ1v) is 8.23. The van der Waals surface area contributed by atoms with E-state index in [9.17, 15) is 9.18 Å². The first-order valence-electron chi connectivity index (χ1n) is 7.06. The summed E-state index contributed by atoms with van der Waals surface area (Å²) < 4.78 is 16.1. The zero-order chi connectivity index (χ0) is 17.1. The van der Waals surface area contributed by atoms with Crippen LogP contribution in [-0.4, -0.2) is 15.7 Å². The highest BCUT2D eigenvalue weighted by molar-refractivity contribution is 9.10. The molecule has 0 unspecified atom stereocenters. The van der Waals surface area contributed by atoms with E-state index in [1.807, 2.05) is 6.07 Å². The van der Waals surface area contributed by atoms with Crippen LogP contribution in [0.3, 0.4) is 0 Å². The molecule has 0 aliphatic heterocycles. The molecule has 0 aliphatic carbocycles. The minimum Gasteiger partial charge on any atom is -0.305 e. The van der Waals surface area contributed by atoms with E-state index in [0.717, 1.165) is 4.47 Å². The molecule has 0 spiro atoms. The van der Waals surface area contributed by atoms with Gasteiger partial charge in [-0.05, 0) is 30.3 Å². The number of nitrogens with one attached hydrogen (secondary N) is 1. The van der Waals surface area contributed by atoms with Crippen molar-refractivity contribution >= 4 is 39.3 Å². The number of hydrogen-bond donors (Lipinski definition) is 1. The number of halogens is 3. The quantitative estimate of drug-likeness (QED) is 0.678. The van der Waals surface area contributed by atoms with Crippen molar-refractivity contribution in [3.8, 4) is 0 Å². The predicted molar refractivity (Wildman–Crippen MR) is 94.8 cm³/mol. The van der Waals surface area contributed by atoms with E-state index in [4.69, 9.17) is 11.6 Å². The van der Waals surface area contributed by atoms with Gasteiger partial charge in [0, 0.05) is 32.9 Å². The molecule has 4 nitrogen and oxygen atoms in total. The number of aromatic nitrogens is 2. The highest BCUT2D eigenvalue weighted by Crippen LogP contribution is 2.20. The maximum atomic E-state index is 13.8. The molecule has 24 heavy (non-hydrogen) atoms. The molecular weight excluding hydrogens is 397 g/mol. The molecular formula is C17H12BrClFN3O. The lowest BCUT2D eigenvalue weighted by molar-refractivity contribution is 0.102. The fourth-order valence-corrected chi connectivity index (χ4v) is 2.80. The van der Waals surface area contributed by atoms with Crippen molar-refractivity contribution in [2.45, 2.75) is 6.54 Å². The average molecular weight is 409 g/mol. The second-order valence-electron chi connectivity index (χ2n) is 5.06. The van der Waals surface area contributed by atoms with Gasteiger partial charge in [-0.1, -0.05) is 39.7 Å². The van der Waals surface area contributed by atoms with Gasteiger partial charge in [-0.3, -0.25) is 9.48 Å². The second-order valence-corrected chi connectivity index (χ2v) is 6.39. The molecule has 0 atom stereocenters. The van der Waals surface area contributed by atoms with Crippen molar-refractivity contribution in [1.82, 2.24) is 9.78 Å². The fraction of sp³-hybridized carbons (Fsp3) is 0.0588. The number of anilines is 1. The highest BCUT2D eigenvalue weighted by Gasteiger charge is 2.11. The normalized spacial score (nSPS) is 10.6. The number of benzene rings is 2. The standard InChI is InChI=1S/C17H12BrClFN3O/c18-12-4-1-3-11(9-12)17(24)21-16-7-8-23(22-16)10-13-14(19)5-2-6-15(13)20/h1-9H,10H2,(H,21,22,24). The zero-order valence-electron chi connectivity index (χ0n) is 12.3. The Bertz CT molecular complexity index is 877. The number of amides is 1. The fourth-order valence-electron chi connectivity index (χ4n) is 2.18. The Morgan fingerprint density at radius 3 is 2.79 bits per heavy atom. The van der Waals surface area contributed by atoms with Gasteiger partial charge in [0.05, 0.1) is 6.54 Å². The van der Waals surface area contributed by atoms with Gasteiger partial charge >= 0.3 is 0 Å². The van der Waals surface area contributed by atoms with Gasteiger partial charge in [0.1, 0.15) is 5.82 Å². The number of rotatable bonds is 4. The predicted octanol–water partition coefficient (Wildman–Crippen LogP) is 4.74. The molecule has 0 saturated carbocycles. The average Bonchev–Trinajstić information content (AvgIpc) is 2.98. The molecule has 0 bridgehead atoms. The second kappa shape index (κ2) is 7.15. The summed E-state index contributed by atoms with van der Waals surface area (Å²) in [6.45, 7) is 0.179. The molecule has 0 radical (unpaired) electrons. The van der Waals surface area contributed by atoms with Crippen LogP contribution in [0.1, 0.15) is 15.9 Å². The minimum atomic E-state index is -0.391. The molecule has 2 aromatic carbocycles. The summed E-state index contributed by atoms with van der Waals surface area (Å²) >= 11 is 9.33. The Labute approximate surface area is 151 Å². The Morgan fingerprint density at radius 2 is 2.04 bits per heavy atom. The van der Waals surface area contributed by atoms with Gasteiger partial charge in [-0.2, -0.15) is 5.10 Å². The van der Waals surface area contributed by atoms with Crippen LogP contribution in [0.25, 0.3) is 0 Å². The molecule has 3 rings (SSSR count). The van der Waals surface area contributed by atoms with E-state index in [2.05, 4.69) is 26.3 Å². The van der Waals surface area contributed by atoms with Crippen LogP contribution in [0, 0.1) is 5.82 Å². The number of nitrogens with zero attached hydrogens (tertiary/aromatic N) is 2. The summed E-state index contributed by atoms with van der Waals surface area (Å²) in [6, 6.07) is 13.2. The van der Waals surface area contributed by atoms with Crippen LogP contribution in [-0.2, 0) is 6.54 Å². The van der Waals surface area contributed by atoms with Crippen LogP contribution in [0.15, 0.2) is 59.2 Å². The number of carbonyl (C=O) groups is 1. The minimum absolute atomic E-state index is 0.179. The van der Waals surface area contributed by atoms with Crippen LogP contribution >= 0.6 is 27.5 Å². The van der Waals surface area contributed by atoms with E-state index in [1.165, 1.54) is 10.7 Å². The van der Waals surface area contributed by atoms with E-state index in [-0.39, 0.29) is 12.5 Å². The summed E-state index contributed by atoms with van der Waals surface area (Å²) in [5, 5.41) is 7.26. The van der Waals surface area contributed by atoms with Crippen LogP contribution < -0.4 is 5.32 Å². The molecule has 0 fully saturated rings. The summed E-state index contributed by atoms with van der Waals surface area (Å²) in [5.41, 5.74) is 0.864. The first kappa shape index (κ1) is 16.7. The maximum absolute atomic E-state index is 13.8. The highest BCUT2D eigenvalue weighted by atomic mass is 79.9. The van der Waals surface area contributed by atoms with Crippen molar-refractivity contribution < 1.29 is 9.18 Å². The van der Waals surface area contributed by atoms with Crippen molar-refractivity contribution in [3.63, 3.8) is 0 Å². The number of carbonyl (C=O) groups excluding carboxylic acids is 1. The van der Waals surface area contributed by atoms with Crippen molar-refractivity contribution in [3.05, 3.63) is 81.2 Å². The largest absolute Gasteiger partial charge is 0.305 e. The van der Waals surface area contributed by atoms with E-state index < -0.39 is 5.82 Å². The van der Waals surface area contributed by atoms with Crippen molar-refractivity contribution in [2.75, 3.05) is 5.32 Å². The first-order chi connectivity index (χ1) is 11.5. The lowest BCUT2D eigenvalue weighted by atomic mass is 10.2. The maximum Gasteiger partial charge on any atom is 0.256 e. The zero-order valence-corrected chi connectivity index (χ0v) is 14.7. The SMILES string of the molecule is O=C(Nc1ccn(Cc2c(F)cccc2Cl)n1)c1cccc(Br)c1. The van der Waals surface area contributed by atoms with E-state index >= 15 is 0 Å². The van der Waals surface area contributed by atoms with Crippen LogP contribution in [0.2, 0.25) is 5.02 Å². The van der Waals surface area contributed by atoms with E-state index in [0.29, 0.717) is 22.0 Å². The molecule has 1 aromatic heterocycles. The van der Waals surface area contributed by atoms with Gasteiger partial charge in [-0.25, -0.2) is 4.39 Å². The van der Waals surface area contributed by atoms with Crippen molar-refractivity contribution in [2.24, 2.45) is 0 Å². The Kier molecular flexibility index (Phi) is 4.97. The van der Waals surface area contributed by atoms with Gasteiger partial charge in [0.15, 0.2) is 5.82 Å². The summed E-state index contributed by atoms with van der Waals surface area (Å²) in [7, 11) is 0. The summed E-state index contributed by atoms with van der Waals surface area (Å²) in [6.07, 6.45) is 1.65. The Morgan fingerprint density at radius 1 is 1.25 bits per heavy atom. The smallest absolute Gasteiger partial charge is 0.256 e. The third-order valence-electron chi connectivity index (χ3n) is 3.35. The third kappa shape index (κ3) is 3.83. The molecule has 0 saturated heterocycles. The Hall–Kier alpha value is -2.18. The van der Waals surface area contributed by atoms with Crippen LogP contribution in [0.4, 0.5) is 10.2 Å². The molecule has 1 heterocycles. The summed E-state index contributed by atoms with van der Waals surface area (Å²) in [4.78, 5) is 12.2. The van der Waals surface area contributed by atoms with Crippen LogP contribution in [0.5, 0.6) is 0 Å². The Balaban J connectivity index is 1.73. The lowest BCUT2D eigenvalue weighted by Gasteiger charge is -2.06. The third-order valence-corrected chi connectivity index (χ3v) is 4.20. The van der Waals surface area contributed by atoms with Gasteiger partial charge in [0.2, 0.25) is 0 Å². The lowest BCUT2D eigenvalue weighted by Crippen LogP contribution is -2.13. The van der Waals surface area contributed by atoms with E-state index in [1.54, 1.807) is 42.6 Å².